The molecule has 0 heterocycles. The number of nitrogens with zero attached hydrogens (tertiary/aromatic N) is 1. The average Bonchev–Trinajstić information content (AvgIpc) is 2.59. The molecule has 2 nitrogen and oxygen atoms in total. The van der Waals surface area contributed by atoms with Gasteiger partial charge < -0.3 is 4.74 Å². The van der Waals surface area contributed by atoms with Crippen LogP contribution in [0.3, 0.4) is 0 Å². The number of rotatable bonds is 7. The fourth-order valence-electron chi connectivity index (χ4n) is 3.25. The molecule has 0 aliphatic rings. The van der Waals surface area contributed by atoms with Gasteiger partial charge in [0.25, 0.3) is 0 Å². The molecule has 0 aromatic heterocycles. The highest BCUT2D eigenvalue weighted by atomic mass is 16.5. The van der Waals surface area contributed by atoms with Crippen molar-refractivity contribution in [2.45, 2.75) is 46.7 Å². The normalized spacial score (nSPS) is 12.3. The molecule has 0 amide bonds. The molecule has 0 spiro atoms. The molecule has 134 valence electrons. The summed E-state index contributed by atoms with van der Waals surface area (Å²) in [5.74, 6) is 0.918. The van der Waals surface area contributed by atoms with E-state index in [9.17, 15) is 0 Å². The SMILES string of the molecule is COc1ccc(C)cc1/C(=C\CN(C(C)C)C(C)C)c1ccccc1. The summed E-state index contributed by atoms with van der Waals surface area (Å²) in [5, 5.41) is 0. The van der Waals surface area contributed by atoms with Crippen LogP contribution in [0, 0.1) is 6.92 Å². The number of aryl methyl sites for hydroxylation is 1. The second-order valence-electron chi connectivity index (χ2n) is 7.07. The quantitative estimate of drug-likeness (QED) is 0.656. The Kier molecular flexibility index (Phi) is 6.83. The van der Waals surface area contributed by atoms with E-state index in [1.165, 1.54) is 16.7 Å². The lowest BCUT2D eigenvalue weighted by Crippen LogP contribution is -2.37. The topological polar surface area (TPSA) is 12.5 Å². The summed E-state index contributed by atoms with van der Waals surface area (Å²) in [7, 11) is 1.74. The van der Waals surface area contributed by atoms with Gasteiger partial charge in [0, 0.05) is 24.2 Å². The first-order valence-electron chi connectivity index (χ1n) is 9.10. The van der Waals surface area contributed by atoms with Crippen LogP contribution in [0.5, 0.6) is 5.75 Å². The largest absolute Gasteiger partial charge is 0.496 e. The third kappa shape index (κ3) is 4.96. The van der Waals surface area contributed by atoms with Crippen LogP contribution in [0.25, 0.3) is 5.57 Å². The minimum Gasteiger partial charge on any atom is -0.496 e. The van der Waals surface area contributed by atoms with E-state index >= 15 is 0 Å². The first-order chi connectivity index (χ1) is 11.9. The monoisotopic (exact) mass is 337 g/mol. The van der Waals surface area contributed by atoms with Crippen LogP contribution in [-0.4, -0.2) is 30.6 Å². The second kappa shape index (κ2) is 8.87. The van der Waals surface area contributed by atoms with Crippen molar-refractivity contribution in [1.82, 2.24) is 4.90 Å². The Morgan fingerprint density at radius 2 is 1.64 bits per heavy atom. The van der Waals surface area contributed by atoms with Crippen LogP contribution in [-0.2, 0) is 0 Å². The van der Waals surface area contributed by atoms with Crippen molar-refractivity contribution in [2.75, 3.05) is 13.7 Å². The highest BCUT2D eigenvalue weighted by Gasteiger charge is 2.15. The lowest BCUT2D eigenvalue weighted by atomic mass is 9.95. The van der Waals surface area contributed by atoms with Gasteiger partial charge in [0.1, 0.15) is 5.75 Å². The van der Waals surface area contributed by atoms with Crippen LogP contribution >= 0.6 is 0 Å². The summed E-state index contributed by atoms with van der Waals surface area (Å²) in [6.45, 7) is 12.1. The van der Waals surface area contributed by atoms with E-state index in [1.807, 2.05) is 0 Å². The van der Waals surface area contributed by atoms with Gasteiger partial charge in [-0.3, -0.25) is 4.90 Å². The molecule has 2 aromatic rings. The van der Waals surface area contributed by atoms with Crippen molar-refractivity contribution in [3.63, 3.8) is 0 Å². The van der Waals surface area contributed by atoms with E-state index in [1.54, 1.807) is 7.11 Å². The zero-order valence-corrected chi connectivity index (χ0v) is 16.4. The Hall–Kier alpha value is -2.06. The first kappa shape index (κ1) is 19.3. The molecule has 2 rings (SSSR count). The molecule has 0 saturated carbocycles. The maximum absolute atomic E-state index is 5.65. The summed E-state index contributed by atoms with van der Waals surface area (Å²) in [5.41, 5.74) is 4.84. The van der Waals surface area contributed by atoms with E-state index in [2.05, 4.69) is 94.1 Å². The fraction of sp³-hybridized carbons (Fsp3) is 0.391. The van der Waals surface area contributed by atoms with Crippen molar-refractivity contribution in [3.8, 4) is 5.75 Å². The fourth-order valence-corrected chi connectivity index (χ4v) is 3.25. The molecule has 0 fully saturated rings. The highest BCUT2D eigenvalue weighted by molar-refractivity contribution is 5.83. The lowest BCUT2D eigenvalue weighted by Gasteiger charge is -2.29. The number of ether oxygens (including phenoxy) is 1. The second-order valence-corrected chi connectivity index (χ2v) is 7.07. The highest BCUT2D eigenvalue weighted by Crippen LogP contribution is 2.32. The third-order valence-electron chi connectivity index (χ3n) is 4.56. The molecule has 0 aliphatic heterocycles. The summed E-state index contributed by atoms with van der Waals surface area (Å²) in [6.07, 6.45) is 2.34. The minimum absolute atomic E-state index is 0.507. The Morgan fingerprint density at radius 1 is 1.00 bits per heavy atom. The van der Waals surface area contributed by atoms with Gasteiger partial charge in [-0.15, -0.1) is 0 Å². The Bertz CT molecular complexity index is 693. The molecule has 2 aromatic carbocycles. The molecule has 0 atom stereocenters. The van der Waals surface area contributed by atoms with E-state index in [0.29, 0.717) is 12.1 Å². The number of methoxy groups -OCH3 is 1. The number of benzene rings is 2. The Morgan fingerprint density at radius 3 is 2.20 bits per heavy atom. The molecule has 0 unspecified atom stereocenters. The van der Waals surface area contributed by atoms with Crippen LogP contribution in [0.2, 0.25) is 0 Å². The number of hydrogen-bond acceptors (Lipinski definition) is 2. The first-order valence-corrected chi connectivity index (χ1v) is 9.10. The Balaban J connectivity index is 2.52. The summed E-state index contributed by atoms with van der Waals surface area (Å²) in [6, 6.07) is 18.0. The molecular weight excluding hydrogens is 306 g/mol. The predicted octanol–water partition coefficient (Wildman–Crippen LogP) is 5.55. The van der Waals surface area contributed by atoms with Crippen molar-refractivity contribution >= 4 is 5.57 Å². The van der Waals surface area contributed by atoms with Gasteiger partial charge in [-0.05, 0) is 57.9 Å². The molecular formula is C23H31NO. The minimum atomic E-state index is 0.507. The van der Waals surface area contributed by atoms with Gasteiger partial charge in [-0.2, -0.15) is 0 Å². The van der Waals surface area contributed by atoms with Crippen LogP contribution < -0.4 is 4.74 Å². The third-order valence-corrected chi connectivity index (χ3v) is 4.56. The summed E-state index contributed by atoms with van der Waals surface area (Å²) >= 11 is 0. The standard InChI is InChI=1S/C23H31NO/c1-17(2)24(18(3)4)15-14-21(20-10-8-7-9-11-20)22-16-19(5)12-13-23(22)25-6/h7-14,16-18H,15H2,1-6H3/b21-14-. The van der Waals surface area contributed by atoms with Crippen LogP contribution in [0.4, 0.5) is 0 Å². The van der Waals surface area contributed by atoms with Crippen LogP contribution in [0.1, 0.15) is 44.4 Å². The lowest BCUT2D eigenvalue weighted by molar-refractivity contribution is 0.196. The van der Waals surface area contributed by atoms with E-state index in [-0.39, 0.29) is 0 Å². The van der Waals surface area contributed by atoms with Gasteiger partial charge in [-0.1, -0.05) is 48.0 Å². The van der Waals surface area contributed by atoms with Gasteiger partial charge in [-0.25, -0.2) is 0 Å². The molecule has 0 saturated heterocycles. The summed E-state index contributed by atoms with van der Waals surface area (Å²) in [4.78, 5) is 2.49. The maximum atomic E-state index is 5.65. The van der Waals surface area contributed by atoms with E-state index < -0.39 is 0 Å². The zero-order chi connectivity index (χ0) is 18.4. The average molecular weight is 338 g/mol. The predicted molar refractivity (Wildman–Crippen MR) is 108 cm³/mol. The molecule has 0 bridgehead atoms. The van der Waals surface area contributed by atoms with Crippen molar-refractivity contribution < 1.29 is 4.74 Å². The molecule has 0 aliphatic carbocycles. The van der Waals surface area contributed by atoms with E-state index in [4.69, 9.17) is 4.74 Å². The van der Waals surface area contributed by atoms with Gasteiger partial charge in [0.05, 0.1) is 7.11 Å². The molecule has 0 radical (unpaired) electrons. The molecule has 2 heteroatoms. The number of hydrogen-bond donors (Lipinski definition) is 0. The van der Waals surface area contributed by atoms with Crippen molar-refractivity contribution in [2.24, 2.45) is 0 Å². The van der Waals surface area contributed by atoms with Gasteiger partial charge >= 0.3 is 0 Å². The maximum Gasteiger partial charge on any atom is 0.126 e. The van der Waals surface area contributed by atoms with E-state index in [0.717, 1.165) is 17.9 Å². The smallest absolute Gasteiger partial charge is 0.126 e. The summed E-state index contributed by atoms with van der Waals surface area (Å²) < 4.78 is 5.65. The van der Waals surface area contributed by atoms with Crippen molar-refractivity contribution in [1.29, 1.82) is 0 Å². The van der Waals surface area contributed by atoms with Gasteiger partial charge in [0.2, 0.25) is 0 Å². The Labute approximate surface area is 153 Å². The molecule has 25 heavy (non-hydrogen) atoms. The molecule has 0 N–H and O–H groups in total. The van der Waals surface area contributed by atoms with Gasteiger partial charge in [0.15, 0.2) is 0 Å². The van der Waals surface area contributed by atoms with Crippen LogP contribution in [0.15, 0.2) is 54.6 Å². The van der Waals surface area contributed by atoms with Crippen molar-refractivity contribution in [3.05, 3.63) is 71.3 Å². The zero-order valence-electron chi connectivity index (χ0n) is 16.4.